The molecule has 1 N–H and O–H groups in total. The zero-order chi connectivity index (χ0) is 19.6. The largest absolute Gasteiger partial charge is 0.481 e. The number of carbonyl (C=O) groups excluding carboxylic acids is 1. The lowest BCUT2D eigenvalue weighted by molar-refractivity contribution is 0.0511. The average Bonchev–Trinajstić information content (AvgIpc) is 2.65. The molecule has 0 aliphatic rings. The molecule has 0 bridgehead atoms. The van der Waals surface area contributed by atoms with Gasteiger partial charge in [0.25, 0.3) is 5.56 Å². The summed E-state index contributed by atoms with van der Waals surface area (Å²) in [4.78, 5) is 31.5. The number of rotatable bonds is 10. The normalized spacial score (nSPS) is 11.8. The molecule has 9 heteroatoms. The minimum atomic E-state index is -0.699. The molecule has 0 fully saturated rings. The van der Waals surface area contributed by atoms with Crippen LogP contribution in [0.4, 0.5) is 0 Å². The molecule has 1 aromatic carbocycles. The Hall–Kier alpha value is -1.59. The lowest BCUT2D eigenvalue weighted by Gasteiger charge is -2.11. The number of benzene rings is 1. The van der Waals surface area contributed by atoms with Crippen molar-refractivity contribution < 1.29 is 19.0 Å². The molecule has 146 valence electrons. The van der Waals surface area contributed by atoms with Gasteiger partial charge in [0, 0.05) is 0 Å². The average molecular weight is 505 g/mol. The van der Waals surface area contributed by atoms with Crippen LogP contribution in [-0.2, 0) is 30.8 Å². The first kappa shape index (κ1) is 21.7. The number of halogens is 1. The van der Waals surface area contributed by atoms with Gasteiger partial charge in [0.1, 0.15) is 31.0 Å². The zero-order valence-electron chi connectivity index (χ0n) is 15.2. The van der Waals surface area contributed by atoms with E-state index in [2.05, 4.69) is 37.4 Å². The van der Waals surface area contributed by atoms with Gasteiger partial charge in [-0.15, -0.1) is 0 Å². The molecule has 7 nitrogen and oxygen atoms in total. The Morgan fingerprint density at radius 1 is 1.26 bits per heavy atom. The van der Waals surface area contributed by atoms with Gasteiger partial charge >= 0.3 is 5.97 Å². The van der Waals surface area contributed by atoms with Crippen molar-refractivity contribution in [2.45, 2.75) is 20.1 Å². The van der Waals surface area contributed by atoms with E-state index < -0.39 is 11.5 Å². The number of nitrogens with zero attached hydrogens (tertiary/aromatic N) is 1. The van der Waals surface area contributed by atoms with Gasteiger partial charge in [-0.25, -0.2) is 9.78 Å². The van der Waals surface area contributed by atoms with Crippen LogP contribution in [0.15, 0.2) is 35.1 Å². The lowest BCUT2D eigenvalue weighted by Crippen LogP contribution is -2.22. The highest BCUT2D eigenvalue weighted by molar-refractivity contribution is 14.2. The second kappa shape index (κ2) is 11.3. The maximum atomic E-state index is 12.4. The zero-order valence-corrected chi connectivity index (χ0v) is 18.2. The quantitative estimate of drug-likeness (QED) is 0.231. The summed E-state index contributed by atoms with van der Waals surface area (Å²) >= 11 is 2.34. The lowest BCUT2D eigenvalue weighted by atomic mass is 10.2. The van der Waals surface area contributed by atoms with E-state index in [1.165, 1.54) is 0 Å². The van der Waals surface area contributed by atoms with Crippen LogP contribution < -0.4 is 10.3 Å². The van der Waals surface area contributed by atoms with Crippen LogP contribution in [0.1, 0.15) is 28.8 Å². The van der Waals surface area contributed by atoms with E-state index in [4.69, 9.17) is 14.2 Å². The van der Waals surface area contributed by atoms with Crippen molar-refractivity contribution in [2.24, 2.45) is 0 Å². The summed E-state index contributed by atoms with van der Waals surface area (Å²) in [5.74, 6) is 0.326. The molecule has 1 atom stereocenters. The molecule has 0 amide bonds. The molecule has 1 heterocycles. The molecule has 27 heavy (non-hydrogen) atoms. The van der Waals surface area contributed by atoms with E-state index in [0.717, 1.165) is 11.3 Å². The Labute approximate surface area is 172 Å². The fourth-order valence-corrected chi connectivity index (χ4v) is 3.01. The van der Waals surface area contributed by atoms with Gasteiger partial charge in [-0.2, -0.15) is 0 Å². The number of aromatic nitrogens is 2. The summed E-state index contributed by atoms with van der Waals surface area (Å²) in [5.41, 5.74) is 0.193. The predicted octanol–water partition coefficient (Wildman–Crippen LogP) is 2.64. The third-order valence-electron chi connectivity index (χ3n) is 3.37. The van der Waals surface area contributed by atoms with E-state index in [1.807, 2.05) is 30.3 Å². The van der Waals surface area contributed by atoms with Crippen molar-refractivity contribution in [3.63, 3.8) is 0 Å². The summed E-state index contributed by atoms with van der Waals surface area (Å²) in [5, 5.41) is 0. The fourth-order valence-electron chi connectivity index (χ4n) is 2.12. The molecule has 0 radical (unpaired) electrons. The van der Waals surface area contributed by atoms with E-state index in [0.29, 0.717) is 6.61 Å². The third kappa shape index (κ3) is 7.15. The van der Waals surface area contributed by atoms with Crippen molar-refractivity contribution in [1.29, 1.82) is 0 Å². The van der Waals surface area contributed by atoms with Crippen LogP contribution in [0, 0.1) is 0 Å². The number of hydrogen-bond donors (Lipinski definition) is 1. The van der Waals surface area contributed by atoms with Gasteiger partial charge in [0.2, 0.25) is 27.0 Å². The van der Waals surface area contributed by atoms with Crippen LogP contribution >= 0.6 is 21.2 Å². The molecular weight excluding hydrogens is 483 g/mol. The minimum absolute atomic E-state index is 0.106. The molecule has 0 saturated heterocycles. The van der Waals surface area contributed by atoms with Crippen molar-refractivity contribution in [1.82, 2.24) is 9.97 Å². The fraction of sp³-hybridized carbons (Fsp3) is 0.389. The second-order valence-electron chi connectivity index (χ2n) is 5.49. The first-order valence-electron chi connectivity index (χ1n) is 8.34. The molecule has 0 aliphatic carbocycles. The molecule has 1 unspecified atom stereocenters. The SMILES string of the molecule is CCOC(=O)c1nc(COCC[S+](C)I)[nH]c(=O)c1OCc1ccccc1. The minimum Gasteiger partial charge on any atom is -0.481 e. The van der Waals surface area contributed by atoms with E-state index in [-0.39, 0.29) is 45.2 Å². The standard InChI is InChI=1S/C18H21IN2O5S/c1-3-25-18(23)15-16(26-11-13-7-5-4-6-8-13)17(22)21-14(20-15)12-24-9-10-27(2)19/h4-8H,3,9-12H2,1-2H3/p+1. The van der Waals surface area contributed by atoms with Crippen LogP contribution in [0.5, 0.6) is 5.75 Å². The Balaban J connectivity index is 2.18. The predicted molar refractivity (Wildman–Crippen MR) is 113 cm³/mol. The number of carbonyl (C=O) groups is 1. The number of hydrogen-bond acceptors (Lipinski definition) is 6. The van der Waals surface area contributed by atoms with Crippen LogP contribution in [0.3, 0.4) is 0 Å². The number of H-pyrrole nitrogens is 1. The maximum Gasteiger partial charge on any atom is 0.361 e. The topological polar surface area (TPSA) is 90.5 Å². The second-order valence-corrected chi connectivity index (χ2v) is 11.5. The van der Waals surface area contributed by atoms with Crippen molar-refractivity contribution >= 4 is 35.2 Å². The molecule has 2 aromatic rings. The Bertz CT molecular complexity index is 798. The van der Waals surface area contributed by atoms with E-state index >= 15 is 0 Å². The van der Waals surface area contributed by atoms with Gasteiger partial charge < -0.3 is 19.2 Å². The number of nitrogens with one attached hydrogen (secondary N) is 1. The highest BCUT2D eigenvalue weighted by atomic mass is 127. The van der Waals surface area contributed by atoms with E-state index in [1.54, 1.807) is 6.92 Å². The molecule has 0 spiro atoms. The van der Waals surface area contributed by atoms with E-state index in [9.17, 15) is 9.59 Å². The van der Waals surface area contributed by atoms with Gasteiger partial charge in [-0.1, -0.05) is 30.3 Å². The molecule has 1 aromatic heterocycles. The highest BCUT2D eigenvalue weighted by Crippen LogP contribution is 2.15. The van der Waals surface area contributed by atoms with Crippen LogP contribution in [0.25, 0.3) is 0 Å². The smallest absolute Gasteiger partial charge is 0.361 e. The monoisotopic (exact) mass is 505 g/mol. The number of esters is 1. The Morgan fingerprint density at radius 3 is 2.67 bits per heavy atom. The summed E-state index contributed by atoms with van der Waals surface area (Å²) in [6, 6.07) is 9.34. The highest BCUT2D eigenvalue weighted by Gasteiger charge is 2.21. The molecule has 2 rings (SSSR count). The summed E-state index contributed by atoms with van der Waals surface area (Å²) < 4.78 is 16.1. The van der Waals surface area contributed by atoms with Crippen molar-refractivity contribution in [3.8, 4) is 5.75 Å². The van der Waals surface area contributed by atoms with Crippen LogP contribution in [0.2, 0.25) is 0 Å². The number of aromatic amines is 1. The first-order chi connectivity index (χ1) is 13.0. The molecule has 0 saturated carbocycles. The maximum absolute atomic E-state index is 12.4. The van der Waals surface area contributed by atoms with Gasteiger partial charge in [0.05, 0.1) is 21.3 Å². The van der Waals surface area contributed by atoms with Crippen molar-refractivity contribution in [3.05, 3.63) is 57.8 Å². The number of ether oxygens (including phenoxy) is 3. The summed E-state index contributed by atoms with van der Waals surface area (Å²) in [6.45, 7) is 2.65. The molecular formula is C18H22IN2O5S+. The summed E-state index contributed by atoms with van der Waals surface area (Å²) in [7, 11) is 0.242. The van der Waals surface area contributed by atoms with Gasteiger partial charge in [-0.05, 0) is 12.5 Å². The van der Waals surface area contributed by atoms with Gasteiger partial charge in [0.15, 0.2) is 5.69 Å². The first-order valence-corrected chi connectivity index (χ1v) is 12.7. The van der Waals surface area contributed by atoms with Crippen LogP contribution in [-0.4, -0.2) is 41.2 Å². The third-order valence-corrected chi connectivity index (χ3v) is 5.42. The molecule has 0 aliphatic heterocycles. The Kier molecular flexibility index (Phi) is 9.08. The van der Waals surface area contributed by atoms with Crippen molar-refractivity contribution in [2.75, 3.05) is 25.2 Å². The summed E-state index contributed by atoms with van der Waals surface area (Å²) in [6.07, 6.45) is 2.11. The van der Waals surface area contributed by atoms with Gasteiger partial charge in [-0.3, -0.25) is 4.79 Å². The Morgan fingerprint density at radius 2 is 2.00 bits per heavy atom.